The van der Waals surface area contributed by atoms with Crippen LogP contribution in [0.1, 0.15) is 6.92 Å². The van der Waals surface area contributed by atoms with Crippen molar-refractivity contribution in [2.45, 2.75) is 17.9 Å². The summed E-state index contributed by atoms with van der Waals surface area (Å²) in [6.07, 6.45) is 0. The molecule has 0 aliphatic heterocycles. The minimum atomic E-state index is -4.00. The van der Waals surface area contributed by atoms with Gasteiger partial charge >= 0.3 is 0 Å². The number of halogens is 3. The van der Waals surface area contributed by atoms with Gasteiger partial charge in [-0.05, 0) is 19.1 Å². The molecule has 16 heavy (non-hydrogen) atoms. The fraction of sp³-hybridized carbons (Fsp3) is 0.333. The van der Waals surface area contributed by atoms with Gasteiger partial charge in [0.1, 0.15) is 16.5 Å². The average Bonchev–Trinajstić information content (AvgIpc) is 2.16. The lowest BCUT2D eigenvalue weighted by Crippen LogP contribution is -2.34. The van der Waals surface area contributed by atoms with Crippen LogP contribution < -0.4 is 4.72 Å². The van der Waals surface area contributed by atoms with Crippen molar-refractivity contribution in [1.29, 1.82) is 0 Å². The zero-order valence-electron chi connectivity index (χ0n) is 8.38. The lowest BCUT2D eigenvalue weighted by Gasteiger charge is -2.11. The van der Waals surface area contributed by atoms with E-state index in [1.807, 2.05) is 0 Å². The molecule has 0 fully saturated rings. The van der Waals surface area contributed by atoms with E-state index in [2.05, 4.69) is 4.72 Å². The van der Waals surface area contributed by atoms with Crippen LogP contribution in [0.4, 0.5) is 8.78 Å². The standard InChI is InChI=1S/C9H10ClF2NO2S/c1-6(5-10)13-16(14,15)9-3-2-7(11)4-8(9)12/h2-4,6,13H,5H2,1H3. The van der Waals surface area contributed by atoms with Crippen molar-refractivity contribution in [1.82, 2.24) is 4.72 Å². The molecule has 0 aliphatic carbocycles. The highest BCUT2D eigenvalue weighted by Crippen LogP contribution is 2.15. The van der Waals surface area contributed by atoms with Gasteiger partial charge in [0.05, 0.1) is 0 Å². The predicted octanol–water partition coefficient (Wildman–Crippen LogP) is 1.87. The maximum Gasteiger partial charge on any atom is 0.243 e. The molecule has 1 N–H and O–H groups in total. The Morgan fingerprint density at radius 3 is 2.56 bits per heavy atom. The van der Waals surface area contributed by atoms with Crippen molar-refractivity contribution in [3.8, 4) is 0 Å². The number of hydrogen-bond donors (Lipinski definition) is 1. The Labute approximate surface area is 97.5 Å². The van der Waals surface area contributed by atoms with Gasteiger partial charge in [-0.15, -0.1) is 11.6 Å². The second kappa shape index (κ2) is 5.07. The molecule has 0 heterocycles. The first-order valence-corrected chi connectivity index (χ1v) is 6.42. The molecule has 90 valence electrons. The van der Waals surface area contributed by atoms with Crippen molar-refractivity contribution in [2.24, 2.45) is 0 Å². The molecule has 0 saturated carbocycles. The van der Waals surface area contributed by atoms with Gasteiger partial charge in [-0.2, -0.15) is 0 Å². The first-order valence-electron chi connectivity index (χ1n) is 4.40. The van der Waals surface area contributed by atoms with Crippen LogP contribution in [0.25, 0.3) is 0 Å². The molecule has 1 aromatic rings. The maximum atomic E-state index is 13.2. The molecule has 3 nitrogen and oxygen atoms in total. The summed E-state index contributed by atoms with van der Waals surface area (Å²) in [5, 5.41) is 0. The Balaban J connectivity index is 3.08. The summed E-state index contributed by atoms with van der Waals surface area (Å²) in [5.41, 5.74) is 0. The minimum Gasteiger partial charge on any atom is -0.207 e. The molecule has 0 spiro atoms. The lowest BCUT2D eigenvalue weighted by molar-refractivity contribution is 0.538. The van der Waals surface area contributed by atoms with Crippen LogP contribution in [-0.4, -0.2) is 20.3 Å². The van der Waals surface area contributed by atoms with E-state index < -0.39 is 32.6 Å². The van der Waals surface area contributed by atoms with E-state index in [-0.39, 0.29) is 5.88 Å². The Bertz CT molecular complexity index is 478. The van der Waals surface area contributed by atoms with Crippen molar-refractivity contribution < 1.29 is 17.2 Å². The van der Waals surface area contributed by atoms with Gasteiger partial charge in [-0.25, -0.2) is 21.9 Å². The third kappa shape index (κ3) is 3.13. The Kier molecular flexibility index (Phi) is 4.23. The van der Waals surface area contributed by atoms with Crippen molar-refractivity contribution in [2.75, 3.05) is 5.88 Å². The predicted molar refractivity (Wildman–Crippen MR) is 56.9 cm³/mol. The normalized spacial score (nSPS) is 13.8. The van der Waals surface area contributed by atoms with E-state index in [1.165, 1.54) is 6.92 Å². The number of hydrogen-bond acceptors (Lipinski definition) is 2. The topological polar surface area (TPSA) is 46.2 Å². The van der Waals surface area contributed by atoms with E-state index in [4.69, 9.17) is 11.6 Å². The summed E-state index contributed by atoms with van der Waals surface area (Å²) in [6.45, 7) is 1.53. The molecular formula is C9H10ClF2NO2S. The number of benzene rings is 1. The van der Waals surface area contributed by atoms with Crippen LogP contribution in [0, 0.1) is 11.6 Å². The molecule has 7 heteroatoms. The van der Waals surface area contributed by atoms with Gasteiger partial charge < -0.3 is 0 Å². The molecular weight excluding hydrogens is 260 g/mol. The summed E-state index contributed by atoms with van der Waals surface area (Å²) in [4.78, 5) is -0.592. The second-order valence-corrected chi connectivity index (χ2v) is 5.24. The van der Waals surface area contributed by atoms with E-state index >= 15 is 0 Å². The van der Waals surface area contributed by atoms with Crippen LogP contribution in [-0.2, 0) is 10.0 Å². The molecule has 1 atom stereocenters. The monoisotopic (exact) mass is 269 g/mol. The highest BCUT2D eigenvalue weighted by Gasteiger charge is 2.21. The van der Waals surface area contributed by atoms with E-state index in [0.29, 0.717) is 6.07 Å². The van der Waals surface area contributed by atoms with E-state index in [1.54, 1.807) is 0 Å². The highest BCUT2D eigenvalue weighted by molar-refractivity contribution is 7.89. The largest absolute Gasteiger partial charge is 0.243 e. The van der Waals surface area contributed by atoms with Crippen molar-refractivity contribution >= 4 is 21.6 Å². The van der Waals surface area contributed by atoms with Crippen LogP contribution in [0.3, 0.4) is 0 Å². The SMILES string of the molecule is CC(CCl)NS(=O)(=O)c1ccc(F)cc1F. The molecule has 0 radical (unpaired) electrons. The fourth-order valence-corrected chi connectivity index (χ4v) is 2.52. The fourth-order valence-electron chi connectivity index (χ4n) is 1.05. The Hall–Kier alpha value is -0.720. The van der Waals surface area contributed by atoms with Gasteiger partial charge in [-0.3, -0.25) is 0 Å². The summed E-state index contributed by atoms with van der Waals surface area (Å²) in [5.74, 6) is -1.90. The number of alkyl halides is 1. The van der Waals surface area contributed by atoms with Crippen molar-refractivity contribution in [3.63, 3.8) is 0 Å². The summed E-state index contributed by atoms with van der Waals surface area (Å²) in [6, 6.07) is 1.73. The van der Waals surface area contributed by atoms with Crippen LogP contribution in [0.15, 0.2) is 23.1 Å². The van der Waals surface area contributed by atoms with Gasteiger partial charge in [0.15, 0.2) is 0 Å². The maximum absolute atomic E-state index is 13.2. The zero-order chi connectivity index (χ0) is 12.3. The molecule has 0 bridgehead atoms. The molecule has 0 aromatic heterocycles. The molecule has 0 saturated heterocycles. The Morgan fingerprint density at radius 1 is 1.44 bits per heavy atom. The van der Waals surface area contributed by atoms with Crippen LogP contribution >= 0.6 is 11.6 Å². The quantitative estimate of drug-likeness (QED) is 0.848. The van der Waals surface area contributed by atoms with Gasteiger partial charge in [0.25, 0.3) is 0 Å². The molecule has 1 aromatic carbocycles. The number of rotatable bonds is 4. The summed E-state index contributed by atoms with van der Waals surface area (Å²) >= 11 is 5.43. The minimum absolute atomic E-state index is 0.0576. The van der Waals surface area contributed by atoms with Crippen molar-refractivity contribution in [3.05, 3.63) is 29.8 Å². The second-order valence-electron chi connectivity index (χ2n) is 3.25. The third-order valence-corrected chi connectivity index (χ3v) is 3.86. The molecule has 0 amide bonds. The lowest BCUT2D eigenvalue weighted by atomic mass is 10.3. The van der Waals surface area contributed by atoms with E-state index in [0.717, 1.165) is 12.1 Å². The van der Waals surface area contributed by atoms with Crippen LogP contribution in [0.2, 0.25) is 0 Å². The first kappa shape index (κ1) is 13.3. The molecule has 1 rings (SSSR count). The highest BCUT2D eigenvalue weighted by atomic mass is 35.5. The van der Waals surface area contributed by atoms with Crippen LogP contribution in [0.5, 0.6) is 0 Å². The smallest absolute Gasteiger partial charge is 0.207 e. The van der Waals surface area contributed by atoms with Gasteiger partial charge in [0, 0.05) is 18.0 Å². The summed E-state index contributed by atoms with van der Waals surface area (Å²) < 4.78 is 51.2. The number of nitrogens with one attached hydrogen (secondary N) is 1. The first-order chi connectivity index (χ1) is 7.36. The van der Waals surface area contributed by atoms with Gasteiger partial charge in [-0.1, -0.05) is 0 Å². The van der Waals surface area contributed by atoms with E-state index in [9.17, 15) is 17.2 Å². The average molecular weight is 270 g/mol. The molecule has 1 unspecified atom stereocenters. The number of sulfonamides is 1. The van der Waals surface area contributed by atoms with Gasteiger partial charge in [0.2, 0.25) is 10.0 Å². The summed E-state index contributed by atoms with van der Waals surface area (Å²) in [7, 11) is -4.00. The third-order valence-electron chi connectivity index (χ3n) is 1.77. The molecule has 0 aliphatic rings. The zero-order valence-corrected chi connectivity index (χ0v) is 9.95. The Morgan fingerprint density at radius 2 is 2.06 bits per heavy atom.